The zero-order valence-electron chi connectivity index (χ0n) is 11.2. The molecule has 0 radical (unpaired) electrons. The van der Waals surface area contributed by atoms with Crippen molar-refractivity contribution in [2.75, 3.05) is 0 Å². The first kappa shape index (κ1) is 18.0. The fraction of sp³-hybridized carbons (Fsp3) is 0.571. The molecular formula is C14H24NO2-. The third kappa shape index (κ3) is 25.2. The van der Waals surface area contributed by atoms with Crippen molar-refractivity contribution in [1.82, 2.24) is 4.98 Å². The molecule has 0 saturated heterocycles. The van der Waals surface area contributed by atoms with Crippen LogP contribution < -0.4 is 5.11 Å². The van der Waals surface area contributed by atoms with Crippen LogP contribution in [0.3, 0.4) is 0 Å². The van der Waals surface area contributed by atoms with Gasteiger partial charge in [0.25, 0.3) is 0 Å². The van der Waals surface area contributed by atoms with Crippen molar-refractivity contribution in [3.05, 3.63) is 30.6 Å². The van der Waals surface area contributed by atoms with E-state index in [4.69, 9.17) is 0 Å². The van der Waals surface area contributed by atoms with Crippen LogP contribution >= 0.6 is 0 Å². The Balaban J connectivity index is 0. The van der Waals surface area contributed by atoms with Crippen molar-refractivity contribution < 1.29 is 9.90 Å². The molecule has 0 bridgehead atoms. The Kier molecular flexibility index (Phi) is 18.0. The summed E-state index contributed by atoms with van der Waals surface area (Å²) >= 11 is 0. The quantitative estimate of drug-likeness (QED) is 0.758. The second-order valence-electron chi connectivity index (χ2n) is 3.46. The van der Waals surface area contributed by atoms with Crippen LogP contribution in [-0.4, -0.2) is 11.0 Å². The second kappa shape index (κ2) is 17.0. The average molecular weight is 238 g/mol. The predicted octanol–water partition coefficient (Wildman–Crippen LogP) is 2.81. The molecule has 1 aromatic heterocycles. The number of pyridine rings is 1. The lowest BCUT2D eigenvalue weighted by Crippen LogP contribution is -2.19. The van der Waals surface area contributed by atoms with E-state index in [0.29, 0.717) is 0 Å². The largest absolute Gasteiger partial charge is 0.550 e. The van der Waals surface area contributed by atoms with Gasteiger partial charge in [-0.3, -0.25) is 4.98 Å². The molecule has 0 saturated carbocycles. The molecule has 0 spiro atoms. The van der Waals surface area contributed by atoms with Gasteiger partial charge in [0.15, 0.2) is 0 Å². The van der Waals surface area contributed by atoms with E-state index in [0.717, 1.165) is 0 Å². The molecule has 0 atom stereocenters. The summed E-state index contributed by atoms with van der Waals surface area (Å²) < 4.78 is 0. The maximum Gasteiger partial charge on any atom is 0.0411 e. The van der Waals surface area contributed by atoms with Crippen LogP contribution in [-0.2, 0) is 4.79 Å². The molecule has 1 rings (SSSR count). The minimum atomic E-state index is -0.995. The van der Waals surface area contributed by atoms with Crippen LogP contribution in [0, 0.1) is 0 Å². The fourth-order valence-corrected chi connectivity index (χ4v) is 0.813. The normalized spacial score (nSPS) is 8.18. The molecule has 3 nitrogen and oxygen atoms in total. The number of carbonyl (C=O) groups excluding carboxylic acids is 1. The summed E-state index contributed by atoms with van der Waals surface area (Å²) in [5.41, 5.74) is 0. The zero-order chi connectivity index (χ0) is 13.4. The van der Waals surface area contributed by atoms with Crippen LogP contribution in [0.5, 0.6) is 0 Å². The number of hydrogen-bond donors (Lipinski definition) is 0. The smallest absolute Gasteiger partial charge is 0.0411 e. The molecule has 0 aliphatic heterocycles. The highest BCUT2D eigenvalue weighted by atomic mass is 16.4. The summed E-state index contributed by atoms with van der Waals surface area (Å²) in [6, 6.07) is 5.72. The Bertz CT molecular complexity index is 207. The summed E-state index contributed by atoms with van der Waals surface area (Å²) in [5.74, 6) is -0.995. The molecular weight excluding hydrogens is 214 g/mol. The predicted molar refractivity (Wildman–Crippen MR) is 69.4 cm³/mol. The summed E-state index contributed by atoms with van der Waals surface area (Å²) in [6.07, 6.45) is 9.15. The highest BCUT2D eigenvalue weighted by Crippen LogP contribution is 1.95. The maximum atomic E-state index is 9.26. The van der Waals surface area contributed by atoms with Gasteiger partial charge in [-0.15, -0.1) is 0 Å². The van der Waals surface area contributed by atoms with E-state index in [9.17, 15) is 9.90 Å². The van der Waals surface area contributed by atoms with Crippen molar-refractivity contribution in [1.29, 1.82) is 0 Å². The van der Waals surface area contributed by atoms with E-state index >= 15 is 0 Å². The lowest BCUT2D eigenvalue weighted by Gasteiger charge is -1.87. The van der Waals surface area contributed by atoms with Crippen LogP contribution in [0.1, 0.15) is 52.9 Å². The molecule has 0 N–H and O–H groups in total. The Hall–Kier alpha value is -1.38. The van der Waals surface area contributed by atoms with Crippen LogP contribution in [0.4, 0.5) is 0 Å². The number of aromatic nitrogens is 1. The van der Waals surface area contributed by atoms with Crippen molar-refractivity contribution in [2.45, 2.75) is 52.9 Å². The molecule has 0 amide bonds. The third-order valence-corrected chi connectivity index (χ3v) is 1.81. The van der Waals surface area contributed by atoms with Gasteiger partial charge >= 0.3 is 0 Å². The van der Waals surface area contributed by atoms with E-state index < -0.39 is 5.97 Å². The van der Waals surface area contributed by atoms with E-state index in [-0.39, 0.29) is 6.42 Å². The number of hydrogen-bond acceptors (Lipinski definition) is 3. The number of unbranched alkanes of at least 4 members (excludes halogenated alkanes) is 3. The van der Waals surface area contributed by atoms with Crippen LogP contribution in [0.15, 0.2) is 30.6 Å². The van der Waals surface area contributed by atoms with Gasteiger partial charge in [0.2, 0.25) is 0 Å². The van der Waals surface area contributed by atoms with Gasteiger partial charge < -0.3 is 9.90 Å². The Morgan fingerprint density at radius 3 is 1.53 bits per heavy atom. The first-order valence-electron chi connectivity index (χ1n) is 6.23. The highest BCUT2D eigenvalue weighted by molar-refractivity contribution is 5.63. The minimum Gasteiger partial charge on any atom is -0.550 e. The Morgan fingerprint density at radius 1 is 1.00 bits per heavy atom. The van der Waals surface area contributed by atoms with Gasteiger partial charge in [0.05, 0.1) is 0 Å². The molecule has 17 heavy (non-hydrogen) atoms. The van der Waals surface area contributed by atoms with Gasteiger partial charge in [0, 0.05) is 18.4 Å². The van der Waals surface area contributed by atoms with Crippen molar-refractivity contribution in [3.8, 4) is 0 Å². The van der Waals surface area contributed by atoms with Crippen molar-refractivity contribution in [2.24, 2.45) is 0 Å². The Morgan fingerprint density at radius 2 is 1.41 bits per heavy atom. The van der Waals surface area contributed by atoms with Gasteiger partial charge in [0.1, 0.15) is 0 Å². The van der Waals surface area contributed by atoms with E-state index in [1.807, 2.05) is 18.2 Å². The monoisotopic (exact) mass is 238 g/mol. The van der Waals surface area contributed by atoms with Gasteiger partial charge in [-0.05, 0) is 18.6 Å². The lowest BCUT2D eigenvalue weighted by atomic mass is 10.2. The second-order valence-corrected chi connectivity index (χ2v) is 3.46. The molecule has 98 valence electrons. The molecule has 0 fully saturated rings. The number of carboxylic acids is 1. The average Bonchev–Trinajstić information content (AvgIpc) is 2.39. The van der Waals surface area contributed by atoms with E-state index in [2.05, 4.69) is 18.8 Å². The molecule has 3 heteroatoms. The van der Waals surface area contributed by atoms with Crippen molar-refractivity contribution >= 4 is 5.97 Å². The topological polar surface area (TPSA) is 53.0 Å². The number of nitrogens with zero attached hydrogens (tertiary/aromatic N) is 1. The molecule has 0 aliphatic rings. The van der Waals surface area contributed by atoms with Gasteiger partial charge in [-0.1, -0.05) is 52.5 Å². The summed E-state index contributed by atoms with van der Waals surface area (Å²) in [4.78, 5) is 13.0. The minimum absolute atomic E-state index is 0.111. The number of carbonyl (C=O) groups is 1. The standard InChI is InChI=1S/C6H14.C5H5N.C3H6O2/c1-3-5-6-4-2;1-2-4-6-5-3-1;1-2-3(4)5/h3-6H2,1-2H3;1-5H;2H2,1H3,(H,4,5)/p-1. The first-order chi connectivity index (χ1) is 8.18. The maximum absolute atomic E-state index is 9.26. The van der Waals surface area contributed by atoms with Crippen molar-refractivity contribution in [3.63, 3.8) is 0 Å². The Labute approximate surface area is 105 Å². The summed E-state index contributed by atoms with van der Waals surface area (Å²) in [6.45, 7) is 6.00. The molecule has 1 aromatic rings. The molecule has 1 heterocycles. The third-order valence-electron chi connectivity index (χ3n) is 1.81. The fourth-order valence-electron chi connectivity index (χ4n) is 0.813. The van der Waals surface area contributed by atoms with Crippen LogP contribution in [0.25, 0.3) is 0 Å². The van der Waals surface area contributed by atoms with Gasteiger partial charge in [-0.2, -0.15) is 0 Å². The number of aliphatic carboxylic acids is 1. The number of carboxylic acid groups (broad SMARTS) is 1. The lowest BCUT2D eigenvalue weighted by molar-refractivity contribution is -0.305. The summed E-state index contributed by atoms with van der Waals surface area (Å²) in [5, 5.41) is 9.26. The SMILES string of the molecule is CCC(=O)[O-].CCCCCC.c1ccncc1. The highest BCUT2D eigenvalue weighted by Gasteiger charge is 1.75. The molecule has 0 aromatic carbocycles. The molecule has 0 unspecified atom stereocenters. The summed E-state index contributed by atoms with van der Waals surface area (Å²) in [7, 11) is 0. The van der Waals surface area contributed by atoms with E-state index in [1.165, 1.54) is 32.6 Å². The van der Waals surface area contributed by atoms with Gasteiger partial charge in [-0.25, -0.2) is 0 Å². The first-order valence-corrected chi connectivity index (χ1v) is 6.23. The zero-order valence-corrected chi connectivity index (χ0v) is 11.2. The number of rotatable bonds is 4. The molecule has 0 aliphatic carbocycles. The van der Waals surface area contributed by atoms with E-state index in [1.54, 1.807) is 12.4 Å². The van der Waals surface area contributed by atoms with Crippen LogP contribution in [0.2, 0.25) is 0 Å².